The highest BCUT2D eigenvalue weighted by Crippen LogP contribution is 2.30. The van der Waals surface area contributed by atoms with Crippen molar-refractivity contribution in [1.82, 2.24) is 10.3 Å². The summed E-state index contributed by atoms with van der Waals surface area (Å²) in [5.41, 5.74) is 1.87. The summed E-state index contributed by atoms with van der Waals surface area (Å²) in [5.74, 6) is 0.486. The van der Waals surface area contributed by atoms with Crippen LogP contribution in [0.5, 0.6) is 5.75 Å². The van der Waals surface area contributed by atoms with Gasteiger partial charge >= 0.3 is 5.97 Å². The molecule has 7 heteroatoms. The van der Waals surface area contributed by atoms with Crippen LogP contribution in [0.15, 0.2) is 36.7 Å². The third-order valence-electron chi connectivity index (χ3n) is 4.61. The lowest BCUT2D eigenvalue weighted by molar-refractivity contribution is -0.143. The Hall–Kier alpha value is -2.54. The van der Waals surface area contributed by atoms with Gasteiger partial charge in [-0.3, -0.25) is 9.78 Å². The molecule has 1 aliphatic rings. The smallest absolute Gasteiger partial charge is 0.330 e. The number of aryl methyl sites for hydroxylation is 2. The second-order valence-corrected chi connectivity index (χ2v) is 7.84. The number of nitrogens with one attached hydrogen (secondary N) is 1. The SMILES string of the molecule is Cc1cc(C(=O)NC2(C(=O)O)CCSC2)cc(C)c1OCc1cccnc1. The molecule has 0 bridgehead atoms. The average Bonchev–Trinajstić information content (AvgIpc) is 3.11. The van der Waals surface area contributed by atoms with Crippen LogP contribution in [0.2, 0.25) is 0 Å². The summed E-state index contributed by atoms with van der Waals surface area (Å²) in [4.78, 5) is 28.4. The third kappa shape index (κ3) is 4.24. The summed E-state index contributed by atoms with van der Waals surface area (Å²) in [7, 11) is 0. The monoisotopic (exact) mass is 386 g/mol. The number of aliphatic carboxylic acids is 1. The summed E-state index contributed by atoms with van der Waals surface area (Å²) in [6.07, 6.45) is 3.89. The number of thioether (sulfide) groups is 1. The first-order chi connectivity index (χ1) is 12.9. The number of pyridine rings is 1. The van der Waals surface area contributed by atoms with E-state index in [-0.39, 0.29) is 5.91 Å². The van der Waals surface area contributed by atoms with Gasteiger partial charge in [-0.25, -0.2) is 4.79 Å². The van der Waals surface area contributed by atoms with E-state index in [2.05, 4.69) is 10.3 Å². The maximum atomic E-state index is 12.7. The lowest BCUT2D eigenvalue weighted by Gasteiger charge is -2.25. The molecule has 2 heterocycles. The minimum Gasteiger partial charge on any atom is -0.488 e. The van der Waals surface area contributed by atoms with Gasteiger partial charge in [-0.1, -0.05) is 6.07 Å². The number of carboxylic acids is 1. The zero-order valence-corrected chi connectivity index (χ0v) is 16.1. The first-order valence-electron chi connectivity index (χ1n) is 8.68. The van der Waals surface area contributed by atoms with Crippen molar-refractivity contribution >= 4 is 23.6 Å². The molecule has 0 radical (unpaired) electrons. The zero-order valence-electron chi connectivity index (χ0n) is 15.3. The molecule has 0 saturated carbocycles. The van der Waals surface area contributed by atoms with E-state index in [1.54, 1.807) is 24.5 Å². The van der Waals surface area contributed by atoms with E-state index in [4.69, 9.17) is 4.74 Å². The predicted molar refractivity (Wildman–Crippen MR) is 104 cm³/mol. The van der Waals surface area contributed by atoms with Crippen LogP contribution < -0.4 is 10.1 Å². The van der Waals surface area contributed by atoms with Crippen molar-refractivity contribution in [3.05, 3.63) is 58.9 Å². The highest BCUT2D eigenvalue weighted by Gasteiger charge is 2.43. The van der Waals surface area contributed by atoms with Crippen molar-refractivity contribution in [3.8, 4) is 5.75 Å². The molecule has 1 aliphatic heterocycles. The van der Waals surface area contributed by atoms with Gasteiger partial charge in [-0.05, 0) is 55.3 Å². The van der Waals surface area contributed by atoms with E-state index in [0.29, 0.717) is 24.3 Å². The number of hydrogen-bond acceptors (Lipinski definition) is 5. The minimum atomic E-state index is -1.18. The van der Waals surface area contributed by atoms with Gasteiger partial charge in [-0.15, -0.1) is 0 Å². The number of nitrogens with zero attached hydrogens (tertiary/aromatic N) is 1. The molecule has 2 N–H and O–H groups in total. The second-order valence-electron chi connectivity index (χ2n) is 6.73. The number of carbonyl (C=O) groups excluding carboxylic acids is 1. The topological polar surface area (TPSA) is 88.5 Å². The molecule has 1 aromatic heterocycles. The van der Waals surface area contributed by atoms with E-state index >= 15 is 0 Å². The fraction of sp³-hybridized carbons (Fsp3) is 0.350. The van der Waals surface area contributed by atoms with E-state index in [1.165, 1.54) is 11.8 Å². The molecule has 2 aromatic rings. The molecule has 0 aliphatic carbocycles. The molecule has 6 nitrogen and oxygen atoms in total. The second kappa shape index (κ2) is 8.00. The molecular formula is C20H22N2O4S. The molecule has 0 spiro atoms. The van der Waals surface area contributed by atoms with E-state index in [0.717, 1.165) is 28.2 Å². The standard InChI is InChI=1S/C20H22N2O4S/c1-13-8-16(18(23)22-20(19(24)25)5-7-27-12-20)9-14(2)17(13)26-11-15-4-3-6-21-10-15/h3-4,6,8-10H,5,7,11-12H2,1-2H3,(H,22,23)(H,24,25). The van der Waals surface area contributed by atoms with Crippen LogP contribution in [-0.4, -0.2) is 39.0 Å². The Morgan fingerprint density at radius 3 is 2.63 bits per heavy atom. The predicted octanol–water partition coefficient (Wildman–Crippen LogP) is 2.97. The van der Waals surface area contributed by atoms with Crippen LogP contribution in [0.25, 0.3) is 0 Å². The first-order valence-corrected chi connectivity index (χ1v) is 9.83. The fourth-order valence-electron chi connectivity index (χ4n) is 3.12. The third-order valence-corrected chi connectivity index (χ3v) is 5.80. The number of carboxylic acid groups (broad SMARTS) is 1. The van der Waals surface area contributed by atoms with Gasteiger partial charge in [-0.2, -0.15) is 11.8 Å². The van der Waals surface area contributed by atoms with Gasteiger partial charge in [0.2, 0.25) is 0 Å². The van der Waals surface area contributed by atoms with Crippen LogP contribution in [0.3, 0.4) is 0 Å². The van der Waals surface area contributed by atoms with Crippen molar-refractivity contribution in [2.75, 3.05) is 11.5 Å². The normalized spacial score (nSPS) is 18.9. The Balaban J connectivity index is 1.75. The van der Waals surface area contributed by atoms with Gasteiger partial charge < -0.3 is 15.2 Å². The molecule has 1 aromatic carbocycles. The Morgan fingerprint density at radius 2 is 2.07 bits per heavy atom. The van der Waals surface area contributed by atoms with Crippen molar-refractivity contribution in [2.24, 2.45) is 0 Å². The quantitative estimate of drug-likeness (QED) is 0.794. The maximum Gasteiger partial charge on any atom is 0.330 e. The number of ether oxygens (including phenoxy) is 1. The van der Waals surface area contributed by atoms with Crippen molar-refractivity contribution in [3.63, 3.8) is 0 Å². The Kier molecular flexibility index (Phi) is 5.70. The summed E-state index contributed by atoms with van der Waals surface area (Å²) in [6, 6.07) is 7.26. The number of rotatable bonds is 6. The summed E-state index contributed by atoms with van der Waals surface area (Å²) < 4.78 is 5.91. The molecule has 3 rings (SSSR count). The summed E-state index contributed by atoms with van der Waals surface area (Å²) in [6.45, 7) is 4.14. The Labute approximate surface area is 162 Å². The zero-order chi connectivity index (χ0) is 19.4. The highest BCUT2D eigenvalue weighted by molar-refractivity contribution is 7.99. The average molecular weight is 386 g/mol. The molecule has 27 heavy (non-hydrogen) atoms. The summed E-state index contributed by atoms with van der Waals surface area (Å²) >= 11 is 1.54. The van der Waals surface area contributed by atoms with E-state index in [9.17, 15) is 14.7 Å². The number of hydrogen-bond donors (Lipinski definition) is 2. The lowest BCUT2D eigenvalue weighted by atomic mass is 9.97. The van der Waals surface area contributed by atoms with Gasteiger partial charge in [0.15, 0.2) is 0 Å². The molecule has 1 atom stereocenters. The lowest BCUT2D eigenvalue weighted by Crippen LogP contribution is -2.54. The number of amides is 1. The van der Waals surface area contributed by atoms with Gasteiger partial charge in [0, 0.05) is 29.3 Å². The van der Waals surface area contributed by atoms with Crippen LogP contribution in [-0.2, 0) is 11.4 Å². The van der Waals surface area contributed by atoms with Crippen LogP contribution in [0.1, 0.15) is 33.5 Å². The van der Waals surface area contributed by atoms with Gasteiger partial charge in [0.25, 0.3) is 5.91 Å². The molecule has 142 valence electrons. The number of benzene rings is 1. The number of aromatic nitrogens is 1. The molecule has 1 amide bonds. The summed E-state index contributed by atoms with van der Waals surface area (Å²) in [5, 5.41) is 12.3. The fourth-order valence-corrected chi connectivity index (χ4v) is 4.45. The van der Waals surface area contributed by atoms with Crippen LogP contribution >= 0.6 is 11.8 Å². The van der Waals surface area contributed by atoms with Crippen molar-refractivity contribution in [2.45, 2.75) is 32.4 Å². The molecule has 1 unspecified atom stereocenters. The van der Waals surface area contributed by atoms with Crippen LogP contribution in [0.4, 0.5) is 0 Å². The number of carbonyl (C=O) groups is 2. The molecule has 1 fully saturated rings. The van der Waals surface area contributed by atoms with Crippen LogP contribution in [0, 0.1) is 13.8 Å². The first kappa shape index (κ1) is 19.2. The van der Waals surface area contributed by atoms with Gasteiger partial charge in [0.1, 0.15) is 17.9 Å². The van der Waals surface area contributed by atoms with Crippen molar-refractivity contribution < 1.29 is 19.4 Å². The highest BCUT2D eigenvalue weighted by atomic mass is 32.2. The maximum absolute atomic E-state index is 12.7. The molecular weight excluding hydrogens is 364 g/mol. The van der Waals surface area contributed by atoms with Gasteiger partial charge in [0.05, 0.1) is 0 Å². The minimum absolute atomic E-state index is 0.370. The van der Waals surface area contributed by atoms with Crippen molar-refractivity contribution in [1.29, 1.82) is 0 Å². The van der Waals surface area contributed by atoms with E-state index < -0.39 is 11.5 Å². The largest absolute Gasteiger partial charge is 0.488 e. The Bertz CT molecular complexity index is 825. The Morgan fingerprint density at radius 1 is 1.33 bits per heavy atom. The van der Waals surface area contributed by atoms with E-state index in [1.807, 2.05) is 26.0 Å². The molecule has 1 saturated heterocycles.